The fraction of sp³-hybridized carbons (Fsp3) is 0.436. The van der Waals surface area contributed by atoms with E-state index in [1.165, 1.54) is 49.1 Å². The summed E-state index contributed by atoms with van der Waals surface area (Å²) < 4.78 is 91.6. The molecule has 0 aliphatic carbocycles. The van der Waals surface area contributed by atoms with E-state index in [0.717, 1.165) is 23.2 Å². The van der Waals surface area contributed by atoms with Gasteiger partial charge in [0.15, 0.2) is 11.2 Å². The molecule has 3 saturated heterocycles. The van der Waals surface area contributed by atoms with Gasteiger partial charge >= 0.3 is 6.18 Å². The topological polar surface area (TPSA) is 163 Å². The number of piperidine rings is 1. The number of nitriles is 1. The molecular weight excluding hydrogens is 821 g/mol. The first kappa shape index (κ1) is 44.0. The Labute approximate surface area is 346 Å². The molecule has 0 radical (unpaired) electrons. The maximum Gasteiger partial charge on any atom is 0.419 e. The molecule has 0 saturated carbocycles. The van der Waals surface area contributed by atoms with Gasteiger partial charge in [-0.05, 0) is 62.7 Å². The summed E-state index contributed by atoms with van der Waals surface area (Å²) in [5.41, 5.74) is -5.14. The number of anilines is 4. The summed E-state index contributed by atoms with van der Waals surface area (Å²) in [6, 6.07) is 9.04. The number of nitrogens with zero attached hydrogens (tertiary/aromatic N) is 6. The monoisotopic (exact) mass is 861 g/mol. The molecule has 21 heteroatoms. The summed E-state index contributed by atoms with van der Waals surface area (Å²) in [6.07, 6.45) is -3.61. The first-order valence-electron chi connectivity index (χ1n) is 18.7. The predicted octanol–water partition coefficient (Wildman–Crippen LogP) is 4.92. The maximum atomic E-state index is 15.1. The Balaban J connectivity index is 1.04. The lowest BCUT2D eigenvalue weighted by molar-refractivity contribution is -0.138. The van der Waals surface area contributed by atoms with Crippen LogP contribution in [0.5, 0.6) is 5.75 Å². The molecule has 4 amide bonds. The van der Waals surface area contributed by atoms with E-state index in [0.29, 0.717) is 45.7 Å². The molecule has 3 aliphatic heterocycles. The fourth-order valence-corrected chi connectivity index (χ4v) is 7.94. The minimum absolute atomic E-state index is 0.0152. The van der Waals surface area contributed by atoms with Crippen molar-refractivity contribution in [2.75, 3.05) is 66.3 Å². The van der Waals surface area contributed by atoms with Crippen LogP contribution in [0.2, 0.25) is 0 Å². The summed E-state index contributed by atoms with van der Waals surface area (Å²) >= 11 is 4.53. The van der Waals surface area contributed by atoms with Crippen LogP contribution in [0.3, 0.4) is 0 Å². The molecule has 3 aliphatic rings. The Morgan fingerprint density at radius 2 is 1.67 bits per heavy atom. The minimum atomic E-state index is -4.94. The van der Waals surface area contributed by atoms with Crippen LogP contribution in [-0.2, 0) is 31.3 Å². The van der Waals surface area contributed by atoms with Gasteiger partial charge in [-0.1, -0.05) is 0 Å². The number of alkyl halides is 5. The smallest absolute Gasteiger partial charge is 0.419 e. The third kappa shape index (κ3) is 9.71. The van der Waals surface area contributed by atoms with Gasteiger partial charge in [0.1, 0.15) is 35.8 Å². The Kier molecular flexibility index (Phi) is 12.6. The van der Waals surface area contributed by atoms with Crippen LogP contribution in [-0.4, -0.2) is 101 Å². The van der Waals surface area contributed by atoms with E-state index in [9.17, 15) is 36.7 Å². The van der Waals surface area contributed by atoms with Crippen LogP contribution in [0.4, 0.5) is 49.1 Å². The van der Waals surface area contributed by atoms with Gasteiger partial charge in [0.2, 0.25) is 17.7 Å². The van der Waals surface area contributed by atoms with Crippen molar-refractivity contribution in [3.8, 4) is 11.8 Å². The highest BCUT2D eigenvalue weighted by molar-refractivity contribution is 7.81. The number of ether oxygens (including phenoxy) is 1. The van der Waals surface area contributed by atoms with Crippen molar-refractivity contribution in [3.05, 3.63) is 71.3 Å². The number of nitrogens with one attached hydrogen (secondary N) is 3. The average molecular weight is 862 g/mol. The molecule has 6 rings (SSSR count). The molecule has 2 atom stereocenters. The summed E-state index contributed by atoms with van der Waals surface area (Å²) in [5, 5.41) is 16.9. The third-order valence-corrected chi connectivity index (χ3v) is 10.8. The molecule has 2 aromatic carbocycles. The van der Waals surface area contributed by atoms with Gasteiger partial charge in [-0.15, -0.1) is 12.6 Å². The third-order valence-electron chi connectivity index (χ3n) is 10.3. The zero-order valence-electron chi connectivity index (χ0n) is 32.6. The van der Waals surface area contributed by atoms with Gasteiger partial charge in [0, 0.05) is 63.1 Å². The highest BCUT2D eigenvalue weighted by Gasteiger charge is 2.52. The number of thiol groups is 1. The first-order valence-corrected chi connectivity index (χ1v) is 19.3. The second-order valence-corrected chi connectivity index (χ2v) is 15.6. The van der Waals surface area contributed by atoms with E-state index in [4.69, 9.17) is 10.00 Å². The number of halogens is 6. The van der Waals surface area contributed by atoms with Crippen LogP contribution in [0.15, 0.2) is 48.7 Å². The van der Waals surface area contributed by atoms with Gasteiger partial charge in [-0.25, -0.2) is 18.2 Å². The van der Waals surface area contributed by atoms with E-state index in [1.54, 1.807) is 0 Å². The van der Waals surface area contributed by atoms with Crippen molar-refractivity contribution in [2.24, 2.45) is 0 Å². The molecule has 3 fully saturated rings. The van der Waals surface area contributed by atoms with Gasteiger partial charge in [-0.3, -0.25) is 39.2 Å². The number of carbonyl (C=O) groups excluding carboxylic acids is 4. The Morgan fingerprint density at radius 1 is 1.00 bits per heavy atom. The molecule has 3 aromatic rings. The van der Waals surface area contributed by atoms with Gasteiger partial charge in [-0.2, -0.15) is 18.4 Å². The van der Waals surface area contributed by atoms with Gasteiger partial charge in [0.05, 0.1) is 29.6 Å². The van der Waals surface area contributed by atoms with E-state index in [-0.39, 0.29) is 66.3 Å². The summed E-state index contributed by atoms with van der Waals surface area (Å²) in [5.74, 6) is -6.14. The number of imide groups is 1. The van der Waals surface area contributed by atoms with Crippen LogP contribution in [0, 0.1) is 17.1 Å². The second-order valence-electron chi connectivity index (χ2n) is 15.1. The maximum absolute atomic E-state index is 15.1. The molecule has 14 nitrogen and oxygen atoms in total. The van der Waals surface area contributed by atoms with Crippen molar-refractivity contribution < 1.29 is 50.3 Å². The van der Waals surface area contributed by atoms with E-state index < -0.39 is 63.6 Å². The Bertz CT molecular complexity index is 2210. The highest BCUT2D eigenvalue weighted by Crippen LogP contribution is 2.44. The number of benzene rings is 2. The van der Waals surface area contributed by atoms with Crippen LogP contribution in [0.25, 0.3) is 0 Å². The standard InChI is InChI=1S/C39H41F6N9O5S/c1-37(2)35(58)53(26-18-27(39(43,44)45)30(19-46)47-20-26)36(60)54(37)25-4-6-31(28(17-25)38(3,41)42)59-13-12-51-8-10-52(11-9-51)21-33(56)49-24-15-22(40)14-23(16-24)48-29-5-7-32(55)50-34(29)57/h4,6,14-18,20,29,36,48,60H,5,7-13,21H2,1-3H3,(H,49,56)(H,50,55,57). The van der Waals surface area contributed by atoms with Crippen molar-refractivity contribution in [3.63, 3.8) is 0 Å². The highest BCUT2D eigenvalue weighted by atomic mass is 32.1. The Morgan fingerprint density at radius 3 is 2.32 bits per heavy atom. The SMILES string of the molecule is CC(F)(F)c1cc(N2C(S)N(c3cnc(C#N)c(C(F)(F)F)c3)C(=O)C2(C)C)ccc1OCCN1CCN(CC(=O)Nc2cc(F)cc(NC3CCC(=O)NC3=O)c2)CC1. The first-order chi connectivity index (χ1) is 28.1. The molecule has 3 N–H and O–H groups in total. The minimum Gasteiger partial charge on any atom is -0.492 e. The van der Waals surface area contributed by atoms with Crippen molar-refractivity contribution in [1.82, 2.24) is 20.1 Å². The second kappa shape index (κ2) is 17.2. The van der Waals surface area contributed by atoms with Crippen molar-refractivity contribution >= 4 is 59.0 Å². The normalized spacial score (nSPS) is 20.2. The lowest BCUT2D eigenvalue weighted by Crippen LogP contribution is -2.49. The number of amides is 4. The van der Waals surface area contributed by atoms with Gasteiger partial charge < -0.3 is 20.3 Å². The predicted molar refractivity (Wildman–Crippen MR) is 210 cm³/mol. The zero-order chi connectivity index (χ0) is 43.7. The van der Waals surface area contributed by atoms with Crippen molar-refractivity contribution in [1.29, 1.82) is 5.26 Å². The number of aromatic nitrogens is 1. The molecule has 60 heavy (non-hydrogen) atoms. The van der Waals surface area contributed by atoms with Gasteiger partial charge in [0.25, 0.3) is 11.8 Å². The lowest BCUT2D eigenvalue weighted by atomic mass is 10.0. The number of rotatable bonds is 12. The summed E-state index contributed by atoms with van der Waals surface area (Å²) in [4.78, 5) is 59.9. The zero-order valence-corrected chi connectivity index (χ0v) is 33.5. The van der Waals surface area contributed by atoms with E-state index in [1.807, 2.05) is 9.80 Å². The number of hydrogen-bond acceptors (Lipinski definition) is 12. The van der Waals surface area contributed by atoms with Crippen molar-refractivity contribution in [2.45, 2.75) is 62.8 Å². The molecule has 0 spiro atoms. The number of hydrogen-bond donors (Lipinski definition) is 4. The lowest BCUT2D eigenvalue weighted by Gasteiger charge is -2.35. The molecule has 1 aromatic heterocycles. The molecule has 4 heterocycles. The van der Waals surface area contributed by atoms with Crippen LogP contribution < -0.4 is 30.5 Å². The van der Waals surface area contributed by atoms with Crippen LogP contribution >= 0.6 is 12.6 Å². The van der Waals surface area contributed by atoms with E-state index in [2.05, 4.69) is 33.6 Å². The molecular formula is C39H41F6N9O5S. The number of pyridine rings is 1. The van der Waals surface area contributed by atoms with E-state index >= 15 is 8.78 Å². The number of piperazine rings is 1. The van der Waals surface area contributed by atoms with Crippen LogP contribution in [0.1, 0.15) is 50.4 Å². The average Bonchev–Trinajstić information content (AvgIpc) is 3.34. The largest absolute Gasteiger partial charge is 0.492 e. The summed E-state index contributed by atoms with van der Waals surface area (Å²) in [6.45, 7) is 6.10. The molecule has 2 unspecified atom stereocenters. The quantitative estimate of drug-likeness (QED) is 0.111. The number of carbonyl (C=O) groups is 4. The Hall–Kier alpha value is -5.59. The molecule has 320 valence electrons. The summed E-state index contributed by atoms with van der Waals surface area (Å²) in [7, 11) is 0. The fourth-order valence-electron chi connectivity index (χ4n) is 7.28. The molecule has 0 bridgehead atoms.